The van der Waals surface area contributed by atoms with Gasteiger partial charge >= 0.3 is 5.76 Å². The maximum absolute atomic E-state index is 11.8. The molecule has 3 rings (SSSR count). The minimum absolute atomic E-state index is 0.199. The van der Waals surface area contributed by atoms with Crippen molar-refractivity contribution in [3.05, 3.63) is 62.9 Å². The lowest BCUT2D eigenvalue weighted by atomic mass is 10.2. The van der Waals surface area contributed by atoms with E-state index in [-0.39, 0.29) is 6.54 Å². The Morgan fingerprint density at radius 2 is 2.10 bits per heavy atom. The first kappa shape index (κ1) is 13.8. The fraction of sp³-hybridized carbons (Fsp3) is 0.0769. The normalized spacial score (nSPS) is 10.8. The average molecular weight is 323 g/mol. The summed E-state index contributed by atoms with van der Waals surface area (Å²) in [5.74, 6) is -0.305. The molecule has 0 spiro atoms. The molecule has 0 fully saturated rings. The summed E-state index contributed by atoms with van der Waals surface area (Å²) in [5, 5.41) is 4.72. The minimum atomic E-state index is -0.596. The number of aromatic nitrogens is 4. The van der Waals surface area contributed by atoms with E-state index in [9.17, 15) is 4.79 Å². The summed E-state index contributed by atoms with van der Waals surface area (Å²) in [6, 6.07) is 5.05. The zero-order valence-corrected chi connectivity index (χ0v) is 12.0. The number of halogens is 2. The highest BCUT2D eigenvalue weighted by Crippen LogP contribution is 2.22. The second-order valence-electron chi connectivity index (χ2n) is 4.18. The Kier molecular flexibility index (Phi) is 3.72. The molecule has 106 valence electrons. The van der Waals surface area contributed by atoms with E-state index in [1.807, 2.05) is 0 Å². The van der Waals surface area contributed by atoms with Gasteiger partial charge in [0.2, 0.25) is 5.82 Å². The van der Waals surface area contributed by atoms with Crippen LogP contribution in [-0.2, 0) is 6.54 Å². The molecule has 2 heterocycles. The molecule has 3 aromatic rings. The monoisotopic (exact) mass is 322 g/mol. The summed E-state index contributed by atoms with van der Waals surface area (Å²) in [7, 11) is 0. The lowest BCUT2D eigenvalue weighted by molar-refractivity contribution is 0.378. The summed E-state index contributed by atoms with van der Waals surface area (Å²) in [5.41, 5.74) is 1.16. The topological polar surface area (TPSA) is 73.8 Å². The molecule has 2 aromatic heterocycles. The number of hydrogen-bond donors (Lipinski definition) is 0. The molecule has 0 saturated carbocycles. The predicted molar refractivity (Wildman–Crippen MR) is 77.4 cm³/mol. The van der Waals surface area contributed by atoms with E-state index in [0.29, 0.717) is 21.6 Å². The van der Waals surface area contributed by atoms with Crippen molar-refractivity contribution in [1.82, 2.24) is 19.7 Å². The fourth-order valence-corrected chi connectivity index (χ4v) is 2.29. The highest BCUT2D eigenvalue weighted by Gasteiger charge is 2.15. The molecular formula is C13H8Cl2N4O2. The number of rotatable bonds is 3. The van der Waals surface area contributed by atoms with Gasteiger partial charge in [-0.3, -0.25) is 14.1 Å². The molecule has 0 radical (unpaired) electrons. The molecule has 6 nitrogen and oxygen atoms in total. The molecule has 0 unspecified atom stereocenters. The lowest BCUT2D eigenvalue weighted by Gasteiger charge is -2.06. The molecular weight excluding hydrogens is 315 g/mol. The van der Waals surface area contributed by atoms with E-state index in [0.717, 1.165) is 5.56 Å². The van der Waals surface area contributed by atoms with Crippen LogP contribution in [0.4, 0.5) is 0 Å². The van der Waals surface area contributed by atoms with E-state index in [2.05, 4.69) is 15.1 Å². The van der Waals surface area contributed by atoms with Gasteiger partial charge in [-0.1, -0.05) is 34.4 Å². The zero-order valence-electron chi connectivity index (χ0n) is 10.5. The molecule has 8 heteroatoms. The van der Waals surface area contributed by atoms with Crippen molar-refractivity contribution in [2.24, 2.45) is 0 Å². The van der Waals surface area contributed by atoms with E-state index < -0.39 is 5.76 Å². The van der Waals surface area contributed by atoms with Gasteiger partial charge in [0.1, 0.15) is 5.69 Å². The van der Waals surface area contributed by atoms with Gasteiger partial charge in [0.05, 0.1) is 12.7 Å². The van der Waals surface area contributed by atoms with Gasteiger partial charge in [-0.15, -0.1) is 0 Å². The Bertz CT molecular complexity index is 830. The average Bonchev–Trinajstić information content (AvgIpc) is 2.84. The van der Waals surface area contributed by atoms with Gasteiger partial charge in [-0.2, -0.15) is 0 Å². The van der Waals surface area contributed by atoms with Crippen LogP contribution in [0.25, 0.3) is 11.5 Å². The van der Waals surface area contributed by atoms with E-state index in [1.54, 1.807) is 18.2 Å². The van der Waals surface area contributed by atoms with Crippen LogP contribution in [0.15, 0.2) is 46.1 Å². The molecule has 21 heavy (non-hydrogen) atoms. The number of benzene rings is 1. The minimum Gasteiger partial charge on any atom is -0.295 e. The number of hydrogen-bond acceptors (Lipinski definition) is 5. The maximum Gasteiger partial charge on any atom is 0.442 e. The molecule has 0 aliphatic heterocycles. The lowest BCUT2D eigenvalue weighted by Crippen LogP contribution is -2.16. The molecule has 0 aliphatic rings. The van der Waals surface area contributed by atoms with Crippen LogP contribution in [0.5, 0.6) is 0 Å². The Labute approximate surface area is 129 Å². The van der Waals surface area contributed by atoms with Crippen LogP contribution in [0, 0.1) is 0 Å². The smallest absolute Gasteiger partial charge is 0.295 e. The summed E-state index contributed by atoms with van der Waals surface area (Å²) in [6.45, 7) is 0.199. The predicted octanol–water partition coefficient (Wildman–Crippen LogP) is 2.65. The molecule has 0 saturated heterocycles. The van der Waals surface area contributed by atoms with Gasteiger partial charge in [0.15, 0.2) is 0 Å². The summed E-state index contributed by atoms with van der Waals surface area (Å²) in [4.78, 5) is 19.9. The van der Waals surface area contributed by atoms with Crippen molar-refractivity contribution in [1.29, 1.82) is 0 Å². The highest BCUT2D eigenvalue weighted by molar-refractivity contribution is 6.35. The summed E-state index contributed by atoms with van der Waals surface area (Å²) < 4.78 is 6.04. The van der Waals surface area contributed by atoms with E-state index in [1.165, 1.54) is 23.2 Å². The molecule has 0 N–H and O–H groups in total. The maximum atomic E-state index is 11.8. The van der Waals surface area contributed by atoms with Gasteiger partial charge < -0.3 is 0 Å². The molecule has 1 aromatic carbocycles. The molecule has 0 amide bonds. The first-order valence-electron chi connectivity index (χ1n) is 5.92. The quantitative estimate of drug-likeness (QED) is 0.741. The van der Waals surface area contributed by atoms with Crippen molar-refractivity contribution in [2.75, 3.05) is 0 Å². The van der Waals surface area contributed by atoms with Crippen LogP contribution in [0.2, 0.25) is 10.0 Å². The first-order valence-corrected chi connectivity index (χ1v) is 6.67. The molecule has 0 bridgehead atoms. The zero-order chi connectivity index (χ0) is 14.8. The van der Waals surface area contributed by atoms with Crippen LogP contribution in [0.3, 0.4) is 0 Å². The third-order valence-electron chi connectivity index (χ3n) is 2.82. The van der Waals surface area contributed by atoms with Crippen LogP contribution in [-0.4, -0.2) is 19.7 Å². The highest BCUT2D eigenvalue weighted by atomic mass is 35.5. The Hall–Kier alpha value is -2.18. The van der Waals surface area contributed by atoms with E-state index in [4.69, 9.17) is 27.7 Å². The van der Waals surface area contributed by atoms with Crippen molar-refractivity contribution in [3.63, 3.8) is 0 Å². The molecule has 0 atom stereocenters. The van der Waals surface area contributed by atoms with Crippen molar-refractivity contribution >= 4 is 23.2 Å². The van der Waals surface area contributed by atoms with Gasteiger partial charge in [0, 0.05) is 22.4 Å². The first-order chi connectivity index (χ1) is 10.1. The standard InChI is InChI=1S/C13H8Cl2N4O2/c14-9-2-1-8(10(15)5-9)7-19-12(18-21-13(19)20)11-6-16-3-4-17-11/h1-6H,7H2. The largest absolute Gasteiger partial charge is 0.442 e. The Morgan fingerprint density at radius 3 is 2.81 bits per heavy atom. The Balaban J connectivity index is 2.03. The van der Waals surface area contributed by atoms with Crippen molar-refractivity contribution in [2.45, 2.75) is 6.54 Å². The van der Waals surface area contributed by atoms with Crippen LogP contribution < -0.4 is 5.76 Å². The molecule has 0 aliphatic carbocycles. The van der Waals surface area contributed by atoms with Crippen molar-refractivity contribution in [3.8, 4) is 11.5 Å². The van der Waals surface area contributed by atoms with Crippen LogP contribution in [0.1, 0.15) is 5.56 Å². The third-order valence-corrected chi connectivity index (χ3v) is 3.41. The fourth-order valence-electron chi connectivity index (χ4n) is 1.83. The second kappa shape index (κ2) is 5.67. The van der Waals surface area contributed by atoms with Gasteiger partial charge in [0.25, 0.3) is 0 Å². The number of nitrogens with zero attached hydrogens (tertiary/aromatic N) is 4. The Morgan fingerprint density at radius 1 is 1.24 bits per heavy atom. The third kappa shape index (κ3) is 2.81. The van der Waals surface area contributed by atoms with Gasteiger partial charge in [-0.05, 0) is 17.7 Å². The SMILES string of the molecule is O=c1onc(-c2cnccn2)n1Cc1ccc(Cl)cc1Cl. The van der Waals surface area contributed by atoms with Crippen molar-refractivity contribution < 1.29 is 4.52 Å². The summed E-state index contributed by atoms with van der Waals surface area (Å²) in [6.07, 6.45) is 4.54. The van der Waals surface area contributed by atoms with E-state index >= 15 is 0 Å². The second-order valence-corrected chi connectivity index (χ2v) is 5.03. The van der Waals surface area contributed by atoms with Crippen LogP contribution >= 0.6 is 23.2 Å². The summed E-state index contributed by atoms with van der Waals surface area (Å²) >= 11 is 12.0. The van der Waals surface area contributed by atoms with Gasteiger partial charge in [-0.25, -0.2) is 9.78 Å².